The van der Waals surface area contributed by atoms with E-state index in [0.717, 1.165) is 47.7 Å². The number of nitrogens with one attached hydrogen (secondary N) is 2. The Morgan fingerprint density at radius 3 is 2.69 bits per heavy atom. The van der Waals surface area contributed by atoms with Gasteiger partial charge in [-0.05, 0) is 48.9 Å². The normalized spacial score (nSPS) is 14.1. The van der Waals surface area contributed by atoms with Crippen molar-refractivity contribution < 1.29 is 5.11 Å². The molecular weight excluding hydrogens is 452 g/mol. The Hall–Kier alpha value is -4.20. The summed E-state index contributed by atoms with van der Waals surface area (Å²) in [6, 6.07) is 14.6. The van der Waals surface area contributed by atoms with Crippen molar-refractivity contribution in [3.8, 4) is 5.75 Å². The van der Waals surface area contributed by atoms with Crippen molar-refractivity contribution in [2.24, 2.45) is 0 Å². The molecule has 1 saturated carbocycles. The van der Waals surface area contributed by atoms with E-state index in [0.29, 0.717) is 23.5 Å². The van der Waals surface area contributed by atoms with Crippen molar-refractivity contribution in [3.63, 3.8) is 0 Å². The van der Waals surface area contributed by atoms with Gasteiger partial charge in [0.25, 0.3) is 5.56 Å². The van der Waals surface area contributed by atoms with E-state index in [9.17, 15) is 9.90 Å². The molecule has 1 fully saturated rings. The lowest BCUT2D eigenvalue weighted by Crippen LogP contribution is -2.30. The molecule has 184 valence electrons. The van der Waals surface area contributed by atoms with Crippen LogP contribution in [0, 0.1) is 12.3 Å². The minimum Gasteiger partial charge on any atom is -0.508 e. The summed E-state index contributed by atoms with van der Waals surface area (Å²) in [6.45, 7) is 2.32. The number of hydrogen-bond acceptors (Lipinski definition) is 7. The van der Waals surface area contributed by atoms with Gasteiger partial charge >= 0.3 is 0 Å². The van der Waals surface area contributed by atoms with E-state index >= 15 is 0 Å². The van der Waals surface area contributed by atoms with Crippen LogP contribution in [0.4, 0.5) is 11.6 Å². The predicted octanol–water partition coefficient (Wildman–Crippen LogP) is 4.92. The molecule has 8 heteroatoms. The second-order valence-corrected chi connectivity index (χ2v) is 9.40. The molecule has 2 aromatic heterocycles. The minimum absolute atomic E-state index is 0.0456. The van der Waals surface area contributed by atoms with E-state index in [1.165, 1.54) is 18.8 Å². The smallest absolute Gasteiger partial charge is 0.259 e. The highest BCUT2D eigenvalue weighted by Gasteiger charge is 2.22. The van der Waals surface area contributed by atoms with E-state index < -0.39 is 0 Å². The van der Waals surface area contributed by atoms with E-state index in [1.807, 2.05) is 29.7 Å². The average Bonchev–Trinajstić information content (AvgIpc) is 2.87. The zero-order chi connectivity index (χ0) is 25.2. The lowest BCUT2D eigenvalue weighted by atomic mass is 9.94. The Bertz CT molecular complexity index is 1500. The molecule has 0 radical (unpaired) electrons. The Labute approximate surface area is 209 Å². The van der Waals surface area contributed by atoms with Gasteiger partial charge in [-0.2, -0.15) is 0 Å². The first-order valence-electron chi connectivity index (χ1n) is 12.3. The zero-order valence-electron chi connectivity index (χ0n) is 20.3. The molecule has 0 saturated heterocycles. The van der Waals surface area contributed by atoms with Gasteiger partial charge in [-0.25, -0.2) is 9.97 Å². The topological polar surface area (TPSA) is 130 Å². The predicted molar refractivity (Wildman–Crippen MR) is 143 cm³/mol. The van der Waals surface area contributed by atoms with Crippen molar-refractivity contribution in [1.29, 1.82) is 5.41 Å². The van der Waals surface area contributed by atoms with Crippen molar-refractivity contribution in [2.75, 3.05) is 11.1 Å². The molecule has 0 bridgehead atoms. The number of aryl methyl sites for hydroxylation is 1. The minimum atomic E-state index is 0.0456. The van der Waals surface area contributed by atoms with Crippen LogP contribution in [0.2, 0.25) is 0 Å². The van der Waals surface area contributed by atoms with Crippen LogP contribution in [-0.4, -0.2) is 25.4 Å². The van der Waals surface area contributed by atoms with E-state index in [2.05, 4.69) is 21.4 Å². The maximum atomic E-state index is 13.8. The molecule has 5 N–H and O–H groups in total. The van der Waals surface area contributed by atoms with E-state index in [-0.39, 0.29) is 28.9 Å². The molecule has 2 heterocycles. The summed E-state index contributed by atoms with van der Waals surface area (Å²) in [5.74, 6) is 0.632. The summed E-state index contributed by atoms with van der Waals surface area (Å²) < 4.78 is 1.96. The monoisotopic (exact) mass is 482 g/mol. The lowest BCUT2D eigenvalue weighted by molar-refractivity contribution is 0.341. The molecule has 2 aromatic carbocycles. The Balaban J connectivity index is 1.55. The lowest BCUT2D eigenvalue weighted by Gasteiger charge is -2.28. The molecule has 5 rings (SSSR count). The van der Waals surface area contributed by atoms with Crippen LogP contribution in [0.25, 0.3) is 10.8 Å². The number of phenols is 1. The number of pyridine rings is 1. The second kappa shape index (κ2) is 9.81. The summed E-state index contributed by atoms with van der Waals surface area (Å²) in [5.41, 5.74) is 9.03. The molecule has 1 aliphatic carbocycles. The third-order valence-electron chi connectivity index (χ3n) is 7.01. The van der Waals surface area contributed by atoms with Gasteiger partial charge in [0.1, 0.15) is 23.7 Å². The van der Waals surface area contributed by atoms with Gasteiger partial charge in [-0.3, -0.25) is 10.2 Å². The van der Waals surface area contributed by atoms with Crippen LogP contribution < -0.4 is 16.6 Å². The second-order valence-electron chi connectivity index (χ2n) is 9.40. The Kier molecular flexibility index (Phi) is 6.41. The average molecular weight is 483 g/mol. The third kappa shape index (κ3) is 4.42. The van der Waals surface area contributed by atoms with Crippen LogP contribution in [-0.2, 0) is 6.54 Å². The molecule has 4 aromatic rings. The molecule has 0 amide bonds. The molecule has 0 atom stereocenters. The van der Waals surface area contributed by atoms with Gasteiger partial charge in [-0.1, -0.05) is 49.6 Å². The molecule has 0 aliphatic heterocycles. The fourth-order valence-corrected chi connectivity index (χ4v) is 5.24. The van der Waals surface area contributed by atoms with E-state index in [4.69, 9.17) is 11.1 Å². The summed E-state index contributed by atoms with van der Waals surface area (Å²) in [4.78, 5) is 22.2. The van der Waals surface area contributed by atoms with Crippen LogP contribution in [0.3, 0.4) is 0 Å². The fraction of sp³-hybridized carbons (Fsp3) is 0.286. The summed E-state index contributed by atoms with van der Waals surface area (Å²) >= 11 is 0. The number of fused-ring (bicyclic) bond motifs is 1. The number of aromatic hydroxyl groups is 1. The first-order valence-corrected chi connectivity index (χ1v) is 12.3. The number of anilines is 2. The molecule has 0 spiro atoms. The van der Waals surface area contributed by atoms with E-state index in [1.54, 1.807) is 18.2 Å². The highest BCUT2D eigenvalue weighted by molar-refractivity contribution is 6.16. The number of nitrogen functional groups attached to an aromatic ring is 1. The first-order chi connectivity index (χ1) is 17.4. The highest BCUT2D eigenvalue weighted by atomic mass is 16.3. The largest absolute Gasteiger partial charge is 0.508 e. The van der Waals surface area contributed by atoms with Crippen LogP contribution in [0.5, 0.6) is 5.75 Å². The molecule has 0 unspecified atom stereocenters. The number of hydrogen-bond donors (Lipinski definition) is 4. The maximum absolute atomic E-state index is 13.8. The number of benzene rings is 2. The molecule has 8 nitrogen and oxygen atoms in total. The van der Waals surface area contributed by atoms with Crippen LogP contribution >= 0.6 is 0 Å². The van der Waals surface area contributed by atoms with Gasteiger partial charge in [0.05, 0.1) is 23.2 Å². The van der Waals surface area contributed by atoms with Gasteiger partial charge in [-0.15, -0.1) is 0 Å². The van der Waals surface area contributed by atoms with Gasteiger partial charge in [0.2, 0.25) is 0 Å². The number of nitrogens with two attached hydrogens (primary N) is 1. The number of phenolic OH excluding ortho intramolecular Hbond substituents is 1. The molecule has 36 heavy (non-hydrogen) atoms. The Morgan fingerprint density at radius 1 is 1.14 bits per heavy atom. The number of aromatic nitrogens is 3. The van der Waals surface area contributed by atoms with Crippen molar-refractivity contribution in [3.05, 3.63) is 87.6 Å². The quantitative estimate of drug-likeness (QED) is 0.289. The SMILES string of the molecule is Cc1cccc2cc(CNc3ncnc(N)c3C(=N)c3cccc(O)c3)n(C3CCCCC3)c(=O)c12. The summed E-state index contributed by atoms with van der Waals surface area (Å²) in [7, 11) is 0. The fourth-order valence-electron chi connectivity index (χ4n) is 5.24. The Morgan fingerprint density at radius 2 is 1.92 bits per heavy atom. The number of nitrogens with zero attached hydrogens (tertiary/aromatic N) is 3. The standard InChI is InChI=1S/C28H30N6O2/c1-17-7-5-8-18-13-21(34(28(36)23(17)18)20-10-3-2-4-11-20)15-31-27-24(26(30)32-16-33-27)25(29)19-9-6-12-22(35)14-19/h5-9,12-14,16,20,29,35H,2-4,10-11,15H2,1H3,(H3,30,31,32,33). The van der Waals surface area contributed by atoms with Crippen molar-refractivity contribution in [1.82, 2.24) is 14.5 Å². The van der Waals surface area contributed by atoms with Crippen LogP contribution in [0.1, 0.15) is 60.5 Å². The summed E-state index contributed by atoms with van der Waals surface area (Å²) in [6.07, 6.45) is 6.75. The summed E-state index contributed by atoms with van der Waals surface area (Å²) in [5, 5.41) is 23.6. The third-order valence-corrected chi connectivity index (χ3v) is 7.01. The number of rotatable bonds is 6. The van der Waals surface area contributed by atoms with Crippen LogP contribution in [0.15, 0.2) is 59.7 Å². The molecule has 1 aliphatic rings. The first kappa shape index (κ1) is 23.5. The maximum Gasteiger partial charge on any atom is 0.259 e. The van der Waals surface area contributed by atoms with Crippen molar-refractivity contribution >= 4 is 28.1 Å². The van der Waals surface area contributed by atoms with Gasteiger partial charge in [0, 0.05) is 17.3 Å². The van der Waals surface area contributed by atoms with Crippen molar-refractivity contribution in [2.45, 2.75) is 51.6 Å². The zero-order valence-corrected chi connectivity index (χ0v) is 20.3. The molecular formula is C28H30N6O2. The van der Waals surface area contributed by atoms with Gasteiger partial charge in [0.15, 0.2) is 0 Å². The highest BCUT2D eigenvalue weighted by Crippen LogP contribution is 2.30. The van der Waals surface area contributed by atoms with Gasteiger partial charge < -0.3 is 20.7 Å².